The minimum Gasteiger partial charge on any atom is -0.478 e. The Kier molecular flexibility index (Phi) is 1.56. The summed E-state index contributed by atoms with van der Waals surface area (Å²) in [6.07, 6.45) is 0. The van der Waals surface area contributed by atoms with Crippen LogP contribution in [0.5, 0.6) is 11.5 Å². The van der Waals surface area contributed by atoms with Crippen molar-refractivity contribution in [3.05, 3.63) is 23.5 Å². The minimum absolute atomic E-state index is 0.0195. The van der Waals surface area contributed by atoms with E-state index in [1.165, 1.54) is 0 Å². The number of hydrogen-bond acceptors (Lipinski definition) is 4. The van der Waals surface area contributed by atoms with Crippen LogP contribution < -0.4 is 15.3 Å². The molecule has 0 spiro atoms. The highest BCUT2D eigenvalue weighted by atomic mass is 19.1. The summed E-state index contributed by atoms with van der Waals surface area (Å²) in [5, 5.41) is 8.64. The van der Waals surface area contributed by atoms with Gasteiger partial charge in [0.2, 0.25) is 5.75 Å². The van der Waals surface area contributed by atoms with Crippen LogP contribution in [0.3, 0.4) is 0 Å². The van der Waals surface area contributed by atoms with Gasteiger partial charge in [0.25, 0.3) is 0 Å². The zero-order valence-electron chi connectivity index (χ0n) is 6.20. The number of aromatic carboxylic acids is 1. The number of nitrogens with one attached hydrogen (secondary N) is 1. The topological polar surface area (TPSA) is 67.8 Å². The molecular formula is C7H4FNO4. The van der Waals surface area contributed by atoms with Crippen molar-refractivity contribution >= 4 is 5.97 Å². The maximum atomic E-state index is 12.8. The number of carbonyl (C=O) groups is 1. The first-order valence-electron chi connectivity index (χ1n) is 3.34. The van der Waals surface area contributed by atoms with Crippen molar-refractivity contribution in [2.75, 3.05) is 0 Å². The third-order valence-electron chi connectivity index (χ3n) is 1.55. The predicted molar refractivity (Wildman–Crippen MR) is 37.8 cm³/mol. The van der Waals surface area contributed by atoms with Crippen LogP contribution in [0.4, 0.5) is 4.39 Å². The van der Waals surface area contributed by atoms with Crippen LogP contribution in [0, 0.1) is 5.82 Å². The standard InChI is InChI=1S/C7H4FNO4/c8-3-1-4(7(10)11)6-5(2-3)12-9-13-6/h1-2,9H,(H,10,11). The van der Waals surface area contributed by atoms with Gasteiger partial charge >= 0.3 is 5.97 Å². The zero-order valence-corrected chi connectivity index (χ0v) is 6.20. The first kappa shape index (κ1) is 7.81. The van der Waals surface area contributed by atoms with Gasteiger partial charge in [-0.25, -0.2) is 9.18 Å². The fraction of sp³-hybridized carbons (Fsp3) is 0. The molecule has 1 heterocycles. The van der Waals surface area contributed by atoms with E-state index in [-0.39, 0.29) is 17.1 Å². The average molecular weight is 185 g/mol. The van der Waals surface area contributed by atoms with Gasteiger partial charge < -0.3 is 14.8 Å². The fourth-order valence-electron chi connectivity index (χ4n) is 1.02. The molecule has 0 unspecified atom stereocenters. The summed E-state index contributed by atoms with van der Waals surface area (Å²) in [6, 6.07) is 1.89. The summed E-state index contributed by atoms with van der Waals surface area (Å²) in [4.78, 5) is 19.8. The van der Waals surface area contributed by atoms with Crippen LogP contribution in [0.15, 0.2) is 12.1 Å². The Labute approximate surface area is 71.6 Å². The largest absolute Gasteiger partial charge is 0.478 e. The molecule has 1 aliphatic rings. The highest BCUT2D eigenvalue weighted by Crippen LogP contribution is 2.34. The van der Waals surface area contributed by atoms with Gasteiger partial charge in [-0.15, -0.1) is 0 Å². The summed E-state index contributed by atoms with van der Waals surface area (Å²) in [6.45, 7) is 0. The van der Waals surface area contributed by atoms with Crippen LogP contribution >= 0.6 is 0 Å². The molecule has 68 valence electrons. The third kappa shape index (κ3) is 1.17. The van der Waals surface area contributed by atoms with Gasteiger partial charge in [0, 0.05) is 11.7 Å². The van der Waals surface area contributed by atoms with Crippen LogP contribution in [-0.4, -0.2) is 11.1 Å². The predicted octanol–water partition coefficient (Wildman–Crippen LogP) is 0.715. The molecule has 0 fully saturated rings. The number of halogens is 1. The number of rotatable bonds is 1. The van der Waals surface area contributed by atoms with Crippen LogP contribution in [0.2, 0.25) is 0 Å². The molecule has 0 saturated carbocycles. The summed E-state index contributed by atoms with van der Waals surface area (Å²) in [5.41, 5.74) is 1.70. The van der Waals surface area contributed by atoms with Crippen molar-refractivity contribution in [3.63, 3.8) is 0 Å². The molecule has 0 atom stereocenters. The first-order valence-corrected chi connectivity index (χ1v) is 3.34. The van der Waals surface area contributed by atoms with Gasteiger partial charge in [-0.1, -0.05) is 0 Å². The lowest BCUT2D eigenvalue weighted by molar-refractivity contribution is 0.0250. The van der Waals surface area contributed by atoms with Crippen molar-refractivity contribution in [2.45, 2.75) is 0 Å². The van der Waals surface area contributed by atoms with E-state index in [1.807, 2.05) is 5.64 Å². The van der Waals surface area contributed by atoms with E-state index < -0.39 is 11.8 Å². The molecule has 0 radical (unpaired) electrons. The fourth-order valence-corrected chi connectivity index (χ4v) is 1.02. The molecule has 13 heavy (non-hydrogen) atoms. The molecule has 1 aromatic carbocycles. The highest BCUT2D eigenvalue weighted by Gasteiger charge is 2.24. The van der Waals surface area contributed by atoms with Crippen molar-refractivity contribution < 1.29 is 24.0 Å². The molecule has 0 aliphatic carbocycles. The number of fused-ring (bicyclic) bond motifs is 1. The highest BCUT2D eigenvalue weighted by molar-refractivity contribution is 5.92. The molecule has 1 aliphatic heterocycles. The Bertz CT molecular complexity index is 379. The Morgan fingerprint density at radius 3 is 2.92 bits per heavy atom. The number of hydrogen-bond donors (Lipinski definition) is 2. The van der Waals surface area contributed by atoms with E-state index in [0.717, 1.165) is 12.1 Å². The van der Waals surface area contributed by atoms with Gasteiger partial charge in [0.1, 0.15) is 11.4 Å². The molecule has 0 aromatic heterocycles. The van der Waals surface area contributed by atoms with Gasteiger partial charge in [-0.2, -0.15) is 0 Å². The van der Waals surface area contributed by atoms with Gasteiger partial charge in [-0.05, 0) is 6.07 Å². The molecule has 1 aromatic rings. The van der Waals surface area contributed by atoms with Crippen molar-refractivity contribution in [3.8, 4) is 11.5 Å². The lowest BCUT2D eigenvalue weighted by atomic mass is 10.2. The lowest BCUT2D eigenvalue weighted by Gasteiger charge is -1.98. The Morgan fingerprint density at radius 1 is 1.46 bits per heavy atom. The van der Waals surface area contributed by atoms with Crippen molar-refractivity contribution in [1.29, 1.82) is 0 Å². The second-order valence-corrected chi connectivity index (χ2v) is 2.37. The number of benzene rings is 1. The second-order valence-electron chi connectivity index (χ2n) is 2.37. The minimum atomic E-state index is -1.27. The Balaban J connectivity index is 2.62. The van der Waals surface area contributed by atoms with E-state index in [1.54, 1.807) is 0 Å². The SMILES string of the molecule is O=C(O)c1cc(F)cc2c1ONO2. The summed E-state index contributed by atoms with van der Waals surface area (Å²) in [5.74, 6) is -1.96. The molecule has 0 bridgehead atoms. The normalized spacial score (nSPS) is 13.0. The van der Waals surface area contributed by atoms with Crippen LogP contribution in [0.1, 0.15) is 10.4 Å². The van der Waals surface area contributed by atoms with Gasteiger partial charge in [0.05, 0.1) is 0 Å². The van der Waals surface area contributed by atoms with E-state index in [9.17, 15) is 9.18 Å². The van der Waals surface area contributed by atoms with E-state index in [2.05, 4.69) is 9.68 Å². The van der Waals surface area contributed by atoms with E-state index >= 15 is 0 Å². The van der Waals surface area contributed by atoms with E-state index in [0.29, 0.717) is 0 Å². The summed E-state index contributed by atoms with van der Waals surface area (Å²) >= 11 is 0. The molecule has 6 heteroatoms. The average Bonchev–Trinajstić information content (AvgIpc) is 2.49. The molecule has 5 nitrogen and oxygen atoms in total. The Hall–Kier alpha value is -1.82. The van der Waals surface area contributed by atoms with Crippen molar-refractivity contribution in [2.24, 2.45) is 0 Å². The maximum absolute atomic E-state index is 12.8. The number of carboxylic acids is 1. The maximum Gasteiger partial charge on any atom is 0.339 e. The molecule has 0 amide bonds. The van der Waals surface area contributed by atoms with Gasteiger partial charge in [0.15, 0.2) is 5.75 Å². The second kappa shape index (κ2) is 2.60. The lowest BCUT2D eigenvalue weighted by Crippen LogP contribution is -2.14. The third-order valence-corrected chi connectivity index (χ3v) is 1.55. The summed E-state index contributed by atoms with van der Waals surface area (Å²) in [7, 11) is 0. The monoisotopic (exact) mass is 185 g/mol. The van der Waals surface area contributed by atoms with E-state index in [4.69, 9.17) is 5.11 Å². The van der Waals surface area contributed by atoms with Gasteiger partial charge in [-0.3, -0.25) is 0 Å². The Morgan fingerprint density at radius 2 is 2.23 bits per heavy atom. The molecular weight excluding hydrogens is 181 g/mol. The molecule has 0 saturated heterocycles. The molecule has 2 N–H and O–H groups in total. The first-order chi connectivity index (χ1) is 6.18. The van der Waals surface area contributed by atoms with Crippen LogP contribution in [-0.2, 0) is 0 Å². The van der Waals surface area contributed by atoms with Crippen LogP contribution in [0.25, 0.3) is 0 Å². The molecule has 2 rings (SSSR count). The zero-order chi connectivity index (χ0) is 9.42. The van der Waals surface area contributed by atoms with Crippen molar-refractivity contribution in [1.82, 2.24) is 5.64 Å². The number of carboxylic acid groups (broad SMARTS) is 1. The smallest absolute Gasteiger partial charge is 0.339 e. The summed E-state index contributed by atoms with van der Waals surface area (Å²) < 4.78 is 12.8. The quantitative estimate of drug-likeness (QED) is 0.674.